The molecular weight excluding hydrogens is 270 g/mol. The van der Waals surface area contributed by atoms with Crippen LogP contribution in [-0.4, -0.2) is 59.6 Å². The SMILES string of the molecule is CC(C)(C)OC(=O)N(CC1CCN(C(=O)CN)C1)C1CC1. The summed E-state index contributed by atoms with van der Waals surface area (Å²) in [4.78, 5) is 27.6. The molecule has 6 nitrogen and oxygen atoms in total. The van der Waals surface area contributed by atoms with Gasteiger partial charge in [-0.15, -0.1) is 0 Å². The van der Waals surface area contributed by atoms with E-state index in [2.05, 4.69) is 0 Å². The van der Waals surface area contributed by atoms with Gasteiger partial charge >= 0.3 is 6.09 Å². The molecule has 2 aliphatic rings. The van der Waals surface area contributed by atoms with Crippen molar-refractivity contribution < 1.29 is 14.3 Å². The summed E-state index contributed by atoms with van der Waals surface area (Å²) in [6.45, 7) is 7.82. The zero-order valence-electron chi connectivity index (χ0n) is 13.3. The van der Waals surface area contributed by atoms with E-state index in [1.54, 1.807) is 4.90 Å². The number of likely N-dealkylation sites (tertiary alicyclic amines) is 1. The monoisotopic (exact) mass is 297 g/mol. The van der Waals surface area contributed by atoms with Crippen molar-refractivity contribution in [3.05, 3.63) is 0 Å². The Morgan fingerprint density at radius 2 is 1.95 bits per heavy atom. The molecule has 2 amide bonds. The zero-order valence-corrected chi connectivity index (χ0v) is 13.3. The topological polar surface area (TPSA) is 75.9 Å². The van der Waals surface area contributed by atoms with Gasteiger partial charge < -0.3 is 20.3 Å². The van der Waals surface area contributed by atoms with E-state index in [4.69, 9.17) is 10.5 Å². The smallest absolute Gasteiger partial charge is 0.410 e. The van der Waals surface area contributed by atoms with Crippen molar-refractivity contribution in [3.8, 4) is 0 Å². The van der Waals surface area contributed by atoms with E-state index in [9.17, 15) is 9.59 Å². The second-order valence-electron chi connectivity index (χ2n) is 7.06. The van der Waals surface area contributed by atoms with Crippen LogP contribution in [0.25, 0.3) is 0 Å². The second-order valence-corrected chi connectivity index (χ2v) is 7.06. The van der Waals surface area contributed by atoms with E-state index >= 15 is 0 Å². The Bertz CT molecular complexity index is 401. The third kappa shape index (κ3) is 4.59. The molecule has 1 saturated carbocycles. The maximum Gasteiger partial charge on any atom is 0.410 e. The number of hydrogen-bond acceptors (Lipinski definition) is 4. The van der Waals surface area contributed by atoms with Crippen molar-refractivity contribution in [1.82, 2.24) is 9.80 Å². The van der Waals surface area contributed by atoms with Crippen LogP contribution >= 0.6 is 0 Å². The summed E-state index contributed by atoms with van der Waals surface area (Å²) in [7, 11) is 0. The predicted molar refractivity (Wildman–Crippen MR) is 79.7 cm³/mol. The normalized spacial score (nSPS) is 22.3. The van der Waals surface area contributed by atoms with Crippen molar-refractivity contribution in [1.29, 1.82) is 0 Å². The number of nitrogens with two attached hydrogens (primary N) is 1. The molecule has 2 fully saturated rings. The van der Waals surface area contributed by atoms with Crippen LogP contribution in [0, 0.1) is 5.92 Å². The van der Waals surface area contributed by atoms with Crippen molar-refractivity contribution in [2.45, 2.75) is 51.7 Å². The average Bonchev–Trinajstić information content (AvgIpc) is 3.11. The van der Waals surface area contributed by atoms with E-state index in [-0.39, 0.29) is 18.5 Å². The first-order valence-electron chi connectivity index (χ1n) is 7.77. The number of carbonyl (C=O) groups excluding carboxylic acids is 2. The lowest BCUT2D eigenvalue weighted by Crippen LogP contribution is -2.42. The third-order valence-electron chi connectivity index (χ3n) is 3.88. The molecule has 1 aliphatic carbocycles. The largest absolute Gasteiger partial charge is 0.444 e. The van der Waals surface area contributed by atoms with Crippen molar-refractivity contribution in [2.24, 2.45) is 11.7 Å². The lowest BCUT2D eigenvalue weighted by molar-refractivity contribution is -0.128. The molecule has 2 N–H and O–H groups in total. The molecule has 0 aromatic rings. The molecule has 0 aromatic carbocycles. The molecule has 0 bridgehead atoms. The van der Waals surface area contributed by atoms with Gasteiger partial charge in [-0.1, -0.05) is 0 Å². The molecule has 1 unspecified atom stereocenters. The van der Waals surface area contributed by atoms with Crippen molar-refractivity contribution in [3.63, 3.8) is 0 Å². The minimum absolute atomic E-state index is 0.00672. The second kappa shape index (κ2) is 6.22. The Morgan fingerprint density at radius 1 is 1.29 bits per heavy atom. The van der Waals surface area contributed by atoms with Gasteiger partial charge in [0.05, 0.1) is 6.54 Å². The highest BCUT2D eigenvalue weighted by atomic mass is 16.6. The third-order valence-corrected chi connectivity index (χ3v) is 3.88. The van der Waals surface area contributed by atoms with Crippen LogP contribution in [0.3, 0.4) is 0 Å². The van der Waals surface area contributed by atoms with Gasteiger partial charge in [0, 0.05) is 25.7 Å². The Labute approximate surface area is 126 Å². The molecule has 120 valence electrons. The number of hydrogen-bond donors (Lipinski definition) is 1. The van der Waals surface area contributed by atoms with Crippen LogP contribution in [-0.2, 0) is 9.53 Å². The fraction of sp³-hybridized carbons (Fsp3) is 0.867. The van der Waals surface area contributed by atoms with Crippen LogP contribution in [0.4, 0.5) is 4.79 Å². The highest BCUT2D eigenvalue weighted by Gasteiger charge is 2.38. The summed E-state index contributed by atoms with van der Waals surface area (Å²) in [6, 6.07) is 0.319. The fourth-order valence-corrected chi connectivity index (χ4v) is 2.69. The molecule has 1 saturated heterocycles. The van der Waals surface area contributed by atoms with Gasteiger partial charge in [0.2, 0.25) is 5.91 Å². The van der Waals surface area contributed by atoms with Crippen LogP contribution in [0.15, 0.2) is 0 Å². The number of rotatable bonds is 4. The minimum Gasteiger partial charge on any atom is -0.444 e. The van der Waals surface area contributed by atoms with Gasteiger partial charge in [0.25, 0.3) is 0 Å². The number of ether oxygens (including phenoxy) is 1. The molecule has 1 aliphatic heterocycles. The average molecular weight is 297 g/mol. The van der Waals surface area contributed by atoms with Crippen LogP contribution in [0.1, 0.15) is 40.0 Å². The molecule has 0 aromatic heterocycles. The zero-order chi connectivity index (χ0) is 15.6. The fourth-order valence-electron chi connectivity index (χ4n) is 2.69. The Kier molecular flexibility index (Phi) is 4.76. The van der Waals surface area contributed by atoms with Crippen LogP contribution in [0.2, 0.25) is 0 Å². The van der Waals surface area contributed by atoms with Gasteiger partial charge in [-0.05, 0) is 46.0 Å². The standard InChI is InChI=1S/C15H27N3O3/c1-15(2,3)21-14(20)18(12-4-5-12)10-11-6-7-17(9-11)13(19)8-16/h11-12H,4-10,16H2,1-3H3. The first kappa shape index (κ1) is 16.1. The molecular formula is C15H27N3O3. The highest BCUT2D eigenvalue weighted by molar-refractivity contribution is 5.78. The van der Waals surface area contributed by atoms with Gasteiger partial charge in [0.15, 0.2) is 0 Å². The summed E-state index contributed by atoms with van der Waals surface area (Å²) in [5, 5.41) is 0. The van der Waals surface area contributed by atoms with Gasteiger partial charge in [-0.3, -0.25) is 4.79 Å². The first-order chi connectivity index (χ1) is 9.80. The van der Waals surface area contributed by atoms with Gasteiger partial charge in [-0.2, -0.15) is 0 Å². The maximum atomic E-state index is 12.3. The first-order valence-corrected chi connectivity index (χ1v) is 7.77. The number of carbonyl (C=O) groups is 2. The maximum absolute atomic E-state index is 12.3. The summed E-state index contributed by atoms with van der Waals surface area (Å²) in [5.74, 6) is 0.321. The van der Waals surface area contributed by atoms with E-state index in [1.165, 1.54) is 0 Å². The van der Waals surface area contributed by atoms with Crippen LogP contribution < -0.4 is 5.73 Å². The van der Waals surface area contributed by atoms with Crippen molar-refractivity contribution in [2.75, 3.05) is 26.2 Å². The predicted octanol–water partition coefficient (Wildman–Crippen LogP) is 1.19. The minimum atomic E-state index is -0.471. The summed E-state index contributed by atoms with van der Waals surface area (Å²) in [6.07, 6.45) is 2.81. The quantitative estimate of drug-likeness (QED) is 0.846. The van der Waals surface area contributed by atoms with E-state index < -0.39 is 5.60 Å². The number of amides is 2. The summed E-state index contributed by atoms with van der Waals surface area (Å²) in [5.41, 5.74) is 4.93. The Morgan fingerprint density at radius 3 is 2.48 bits per heavy atom. The molecule has 6 heteroatoms. The summed E-state index contributed by atoms with van der Waals surface area (Å²) < 4.78 is 5.49. The summed E-state index contributed by atoms with van der Waals surface area (Å²) >= 11 is 0. The van der Waals surface area contributed by atoms with E-state index in [1.807, 2.05) is 25.7 Å². The molecule has 21 heavy (non-hydrogen) atoms. The molecule has 1 heterocycles. The van der Waals surface area contributed by atoms with Crippen LogP contribution in [0.5, 0.6) is 0 Å². The molecule has 0 spiro atoms. The lowest BCUT2D eigenvalue weighted by atomic mass is 10.1. The van der Waals surface area contributed by atoms with E-state index in [0.29, 0.717) is 25.0 Å². The van der Waals surface area contributed by atoms with Crippen molar-refractivity contribution >= 4 is 12.0 Å². The molecule has 1 atom stereocenters. The van der Waals surface area contributed by atoms with Gasteiger partial charge in [0.1, 0.15) is 5.60 Å². The Hall–Kier alpha value is -1.30. The number of nitrogens with zero attached hydrogens (tertiary/aromatic N) is 2. The highest BCUT2D eigenvalue weighted by Crippen LogP contribution is 2.30. The Balaban J connectivity index is 1.89. The van der Waals surface area contributed by atoms with E-state index in [0.717, 1.165) is 25.8 Å². The lowest BCUT2D eigenvalue weighted by Gasteiger charge is -2.29. The molecule has 0 radical (unpaired) electrons. The molecule has 2 rings (SSSR count). The van der Waals surface area contributed by atoms with Gasteiger partial charge in [-0.25, -0.2) is 4.79 Å².